The van der Waals surface area contributed by atoms with Crippen molar-refractivity contribution in [2.45, 2.75) is 0 Å². The van der Waals surface area contributed by atoms with Crippen molar-refractivity contribution in [1.29, 1.82) is 0 Å². The van der Waals surface area contributed by atoms with Crippen molar-refractivity contribution < 1.29 is 0 Å². The number of pyridine rings is 1. The molecule has 0 radical (unpaired) electrons. The molecule has 0 bridgehead atoms. The van der Waals surface area contributed by atoms with Gasteiger partial charge in [-0.25, -0.2) is 4.98 Å². The van der Waals surface area contributed by atoms with Gasteiger partial charge in [0, 0.05) is 23.1 Å². The van der Waals surface area contributed by atoms with Crippen LogP contribution in [0.4, 0.5) is 5.82 Å². The highest BCUT2D eigenvalue weighted by Crippen LogP contribution is 2.19. The summed E-state index contributed by atoms with van der Waals surface area (Å²) in [5.41, 5.74) is 0.905. The monoisotopic (exact) mass is 225 g/mol. The van der Waals surface area contributed by atoms with Crippen LogP contribution in [0, 0.1) is 0 Å². The molecule has 4 heteroatoms. The molecule has 62 valence electrons. The summed E-state index contributed by atoms with van der Waals surface area (Å²) in [6.45, 7) is 0. The molecule has 2 N–H and O–H groups in total. The molecule has 2 heterocycles. The van der Waals surface area contributed by atoms with Crippen molar-refractivity contribution in [1.82, 2.24) is 9.97 Å². The van der Waals surface area contributed by atoms with Crippen LogP contribution in [0.5, 0.6) is 0 Å². The largest absolute Gasteiger partial charge is 0.375 e. The van der Waals surface area contributed by atoms with Gasteiger partial charge in [-0.2, -0.15) is 0 Å². The minimum atomic E-state index is 0.905. The standard InChI is InChI=1S/C8H8BrN3/c1-10-7-3-5-2-6(9)4-11-8(5)12-7/h2-4,10H,1H3,(H,11,12). The maximum Gasteiger partial charge on any atom is 0.138 e. The number of H-pyrrole nitrogens is 1. The van der Waals surface area contributed by atoms with Gasteiger partial charge in [-0.3, -0.25) is 0 Å². The number of hydrogen-bond donors (Lipinski definition) is 2. The quantitative estimate of drug-likeness (QED) is 0.783. The molecule has 0 unspecified atom stereocenters. The van der Waals surface area contributed by atoms with Gasteiger partial charge < -0.3 is 10.3 Å². The van der Waals surface area contributed by atoms with E-state index in [0.29, 0.717) is 0 Å². The van der Waals surface area contributed by atoms with Crippen LogP contribution >= 0.6 is 15.9 Å². The smallest absolute Gasteiger partial charge is 0.138 e. The number of aromatic nitrogens is 2. The Morgan fingerprint density at radius 1 is 1.50 bits per heavy atom. The van der Waals surface area contributed by atoms with E-state index in [-0.39, 0.29) is 0 Å². The first-order chi connectivity index (χ1) is 5.79. The molecular weight excluding hydrogens is 218 g/mol. The lowest BCUT2D eigenvalue weighted by molar-refractivity contribution is 1.30. The molecule has 0 aliphatic rings. The first-order valence-electron chi connectivity index (χ1n) is 3.61. The van der Waals surface area contributed by atoms with Crippen LogP contribution < -0.4 is 5.32 Å². The van der Waals surface area contributed by atoms with Gasteiger partial charge in [-0.1, -0.05) is 0 Å². The molecule has 2 aromatic rings. The number of nitrogens with one attached hydrogen (secondary N) is 2. The van der Waals surface area contributed by atoms with Crippen LogP contribution in [0.3, 0.4) is 0 Å². The van der Waals surface area contributed by atoms with Gasteiger partial charge in [0.2, 0.25) is 0 Å². The van der Waals surface area contributed by atoms with Crippen molar-refractivity contribution in [3.05, 3.63) is 22.8 Å². The Bertz CT molecular complexity index is 408. The lowest BCUT2D eigenvalue weighted by atomic mass is 10.3. The number of aromatic amines is 1. The maximum atomic E-state index is 4.21. The molecule has 3 nitrogen and oxygen atoms in total. The summed E-state index contributed by atoms with van der Waals surface area (Å²) < 4.78 is 0.997. The average Bonchev–Trinajstić information content (AvgIpc) is 2.46. The van der Waals surface area contributed by atoms with Gasteiger partial charge in [0.05, 0.1) is 0 Å². The summed E-state index contributed by atoms with van der Waals surface area (Å²) in [4.78, 5) is 7.34. The second-order valence-corrected chi connectivity index (χ2v) is 3.44. The van der Waals surface area contributed by atoms with Crippen molar-refractivity contribution in [3.8, 4) is 0 Å². The molecule has 0 aliphatic carbocycles. The van der Waals surface area contributed by atoms with Crippen LogP contribution in [0.2, 0.25) is 0 Å². The summed E-state index contributed by atoms with van der Waals surface area (Å²) in [7, 11) is 1.87. The number of nitrogens with zero attached hydrogens (tertiary/aromatic N) is 1. The van der Waals surface area contributed by atoms with Crippen molar-refractivity contribution in [2.75, 3.05) is 12.4 Å². The van der Waals surface area contributed by atoms with Crippen molar-refractivity contribution in [3.63, 3.8) is 0 Å². The zero-order valence-corrected chi connectivity index (χ0v) is 8.14. The van der Waals surface area contributed by atoms with E-state index in [4.69, 9.17) is 0 Å². The Kier molecular flexibility index (Phi) is 1.77. The molecule has 0 spiro atoms. The first-order valence-corrected chi connectivity index (χ1v) is 4.41. The van der Waals surface area contributed by atoms with Gasteiger partial charge in [-0.05, 0) is 28.1 Å². The summed E-state index contributed by atoms with van der Waals surface area (Å²) in [6.07, 6.45) is 1.78. The molecular formula is C8H8BrN3. The van der Waals surface area contributed by atoms with E-state index < -0.39 is 0 Å². The van der Waals surface area contributed by atoms with Gasteiger partial charge in [0.25, 0.3) is 0 Å². The number of rotatable bonds is 1. The average molecular weight is 226 g/mol. The van der Waals surface area contributed by atoms with Gasteiger partial charge in [0.1, 0.15) is 11.5 Å². The highest BCUT2D eigenvalue weighted by Gasteiger charge is 1.99. The third-order valence-corrected chi connectivity index (χ3v) is 2.14. The van der Waals surface area contributed by atoms with Crippen LogP contribution in [0.15, 0.2) is 22.8 Å². The fourth-order valence-corrected chi connectivity index (χ4v) is 1.47. The lowest BCUT2D eigenvalue weighted by Gasteiger charge is -1.89. The maximum absolute atomic E-state index is 4.21. The Morgan fingerprint density at radius 2 is 2.33 bits per heavy atom. The molecule has 0 amide bonds. The highest BCUT2D eigenvalue weighted by molar-refractivity contribution is 9.10. The van der Waals surface area contributed by atoms with E-state index in [2.05, 4.69) is 31.2 Å². The fraction of sp³-hybridized carbons (Fsp3) is 0.125. The third-order valence-electron chi connectivity index (χ3n) is 1.71. The van der Waals surface area contributed by atoms with Gasteiger partial charge in [0.15, 0.2) is 0 Å². The number of halogens is 1. The summed E-state index contributed by atoms with van der Waals surface area (Å²) in [5.74, 6) is 0.982. The molecule has 12 heavy (non-hydrogen) atoms. The van der Waals surface area contributed by atoms with Gasteiger partial charge in [-0.15, -0.1) is 0 Å². The third kappa shape index (κ3) is 1.18. The molecule has 0 atom stereocenters. The lowest BCUT2D eigenvalue weighted by Crippen LogP contribution is -1.85. The minimum Gasteiger partial charge on any atom is -0.375 e. The molecule has 2 rings (SSSR count). The number of fused-ring (bicyclic) bond motifs is 1. The molecule has 2 aromatic heterocycles. The van der Waals surface area contributed by atoms with E-state index in [0.717, 1.165) is 21.3 Å². The first kappa shape index (κ1) is 7.61. The van der Waals surface area contributed by atoms with Gasteiger partial charge >= 0.3 is 0 Å². The molecule has 0 fully saturated rings. The van der Waals surface area contributed by atoms with Crippen LogP contribution in [-0.4, -0.2) is 17.0 Å². The van der Waals surface area contributed by atoms with Crippen LogP contribution in [0.25, 0.3) is 11.0 Å². The Balaban J connectivity index is 2.67. The molecule has 0 saturated carbocycles. The second-order valence-electron chi connectivity index (χ2n) is 2.52. The van der Waals surface area contributed by atoms with Crippen molar-refractivity contribution >= 4 is 32.8 Å². The van der Waals surface area contributed by atoms with Crippen molar-refractivity contribution in [2.24, 2.45) is 0 Å². The number of anilines is 1. The summed E-state index contributed by atoms with van der Waals surface area (Å²) in [6, 6.07) is 4.05. The SMILES string of the molecule is CNc1cc2cc(Br)cnc2[nH]1. The van der Waals surface area contributed by atoms with Crippen LogP contribution in [0.1, 0.15) is 0 Å². The predicted octanol–water partition coefficient (Wildman–Crippen LogP) is 2.37. The Morgan fingerprint density at radius 3 is 3.08 bits per heavy atom. The van der Waals surface area contributed by atoms with E-state index >= 15 is 0 Å². The molecule has 0 aromatic carbocycles. The second kappa shape index (κ2) is 2.79. The molecule has 0 saturated heterocycles. The van der Waals surface area contributed by atoms with E-state index in [1.54, 1.807) is 6.20 Å². The Hall–Kier alpha value is -1.03. The summed E-state index contributed by atoms with van der Waals surface area (Å²) >= 11 is 3.37. The zero-order chi connectivity index (χ0) is 8.55. The fourth-order valence-electron chi connectivity index (χ4n) is 1.12. The normalized spacial score (nSPS) is 10.5. The van der Waals surface area contributed by atoms with E-state index in [9.17, 15) is 0 Å². The van der Waals surface area contributed by atoms with E-state index in [1.807, 2.05) is 19.2 Å². The summed E-state index contributed by atoms with van der Waals surface area (Å²) in [5, 5.41) is 4.13. The Labute approximate surface area is 78.3 Å². The molecule has 0 aliphatic heterocycles. The van der Waals surface area contributed by atoms with Crippen LogP contribution in [-0.2, 0) is 0 Å². The highest BCUT2D eigenvalue weighted by atomic mass is 79.9. The minimum absolute atomic E-state index is 0.905. The van der Waals surface area contributed by atoms with E-state index in [1.165, 1.54) is 0 Å². The zero-order valence-electron chi connectivity index (χ0n) is 6.56. The topological polar surface area (TPSA) is 40.7 Å². The predicted molar refractivity (Wildman–Crippen MR) is 53.3 cm³/mol. The number of hydrogen-bond acceptors (Lipinski definition) is 2.